The molecule has 3 rings (SSSR count). The number of rotatable bonds is 3. The molecule has 6 nitrogen and oxygen atoms in total. The molecule has 0 radical (unpaired) electrons. The molecule has 0 spiro atoms. The highest BCUT2D eigenvalue weighted by atomic mass is 16.5. The number of imidazole rings is 1. The van der Waals surface area contributed by atoms with Gasteiger partial charge in [-0.2, -0.15) is 10.2 Å². The molecule has 0 unspecified atom stereocenters. The highest BCUT2D eigenvalue weighted by Crippen LogP contribution is 2.25. The van der Waals surface area contributed by atoms with Gasteiger partial charge in [0.1, 0.15) is 11.6 Å². The molecule has 2 aromatic heterocycles. The summed E-state index contributed by atoms with van der Waals surface area (Å²) in [6.45, 7) is 0. The van der Waals surface area contributed by atoms with Crippen LogP contribution in [0.3, 0.4) is 0 Å². The zero-order chi connectivity index (χ0) is 13.9. The number of fused-ring (bicyclic) bond motifs is 1. The molecular weight excluding hydrogens is 254 g/mol. The third kappa shape index (κ3) is 2.12. The first-order valence-electron chi connectivity index (χ1n) is 5.99. The molecule has 0 aliphatic carbocycles. The van der Waals surface area contributed by atoms with Crippen LogP contribution in [0.25, 0.3) is 5.65 Å². The molecule has 1 aromatic carbocycles. The zero-order valence-electron chi connectivity index (χ0n) is 10.7. The van der Waals surface area contributed by atoms with Gasteiger partial charge in [0.25, 0.3) is 5.88 Å². The first-order chi connectivity index (χ1) is 9.80. The van der Waals surface area contributed by atoms with Crippen molar-refractivity contribution in [3.63, 3.8) is 0 Å². The number of nitriles is 1. The fraction of sp³-hybridized carbons (Fsp3) is 0.0714. The third-order valence-electron chi connectivity index (χ3n) is 2.80. The average molecular weight is 265 g/mol. The predicted molar refractivity (Wildman–Crippen MR) is 73.8 cm³/mol. The Morgan fingerprint density at radius 2 is 2.10 bits per heavy atom. The Kier molecular flexibility index (Phi) is 2.94. The molecule has 0 aliphatic heterocycles. The normalized spacial score (nSPS) is 10.2. The number of anilines is 1. The van der Waals surface area contributed by atoms with E-state index in [-0.39, 0.29) is 0 Å². The van der Waals surface area contributed by atoms with Crippen molar-refractivity contribution >= 4 is 11.5 Å². The number of nitrogens with one attached hydrogen (secondary N) is 1. The maximum Gasteiger partial charge on any atom is 0.265 e. The van der Waals surface area contributed by atoms with Crippen LogP contribution in [0.5, 0.6) is 11.6 Å². The van der Waals surface area contributed by atoms with Crippen molar-refractivity contribution in [2.45, 2.75) is 0 Å². The van der Waals surface area contributed by atoms with Crippen LogP contribution in [-0.4, -0.2) is 21.4 Å². The second-order valence-electron chi connectivity index (χ2n) is 4.08. The summed E-state index contributed by atoms with van der Waals surface area (Å²) in [5.74, 6) is 1.69. The lowest BCUT2D eigenvalue weighted by atomic mass is 10.2. The van der Waals surface area contributed by atoms with E-state index in [1.165, 1.54) is 0 Å². The number of aromatic nitrogens is 3. The van der Waals surface area contributed by atoms with Crippen LogP contribution in [-0.2, 0) is 0 Å². The van der Waals surface area contributed by atoms with Crippen molar-refractivity contribution < 1.29 is 4.74 Å². The van der Waals surface area contributed by atoms with Gasteiger partial charge in [-0.25, -0.2) is 4.98 Å². The van der Waals surface area contributed by atoms with E-state index in [0.717, 1.165) is 0 Å². The quantitative estimate of drug-likeness (QED) is 0.787. The van der Waals surface area contributed by atoms with Gasteiger partial charge >= 0.3 is 0 Å². The Hall–Kier alpha value is -3.07. The summed E-state index contributed by atoms with van der Waals surface area (Å²) in [5, 5.41) is 11.7. The molecule has 20 heavy (non-hydrogen) atoms. The molecule has 1 N–H and O–H groups in total. The van der Waals surface area contributed by atoms with Crippen LogP contribution in [0, 0.1) is 11.3 Å². The van der Waals surface area contributed by atoms with E-state index in [9.17, 15) is 0 Å². The summed E-state index contributed by atoms with van der Waals surface area (Å²) in [6, 6.07) is 8.91. The predicted octanol–water partition coefficient (Wildman–Crippen LogP) is 2.43. The van der Waals surface area contributed by atoms with Gasteiger partial charge < -0.3 is 10.1 Å². The van der Waals surface area contributed by atoms with Crippen molar-refractivity contribution in [1.82, 2.24) is 14.4 Å². The van der Waals surface area contributed by atoms with Gasteiger partial charge in [0.05, 0.1) is 17.8 Å². The largest absolute Gasteiger partial charge is 0.436 e. The molecule has 0 atom stereocenters. The van der Waals surface area contributed by atoms with E-state index in [1.807, 2.05) is 16.8 Å². The molecule has 0 aliphatic rings. The first-order valence-corrected chi connectivity index (χ1v) is 5.99. The van der Waals surface area contributed by atoms with Gasteiger partial charge in [0.2, 0.25) is 5.65 Å². The van der Waals surface area contributed by atoms with Crippen LogP contribution >= 0.6 is 0 Å². The lowest BCUT2D eigenvalue weighted by Crippen LogP contribution is -1.99. The Morgan fingerprint density at radius 3 is 2.80 bits per heavy atom. The summed E-state index contributed by atoms with van der Waals surface area (Å²) >= 11 is 0. The van der Waals surface area contributed by atoms with E-state index >= 15 is 0 Å². The summed E-state index contributed by atoms with van der Waals surface area (Å²) in [5.41, 5.74) is 1.22. The fourth-order valence-corrected chi connectivity index (χ4v) is 1.80. The minimum Gasteiger partial charge on any atom is -0.436 e. The zero-order valence-corrected chi connectivity index (χ0v) is 10.7. The number of ether oxygens (including phenoxy) is 1. The highest BCUT2D eigenvalue weighted by molar-refractivity contribution is 5.55. The summed E-state index contributed by atoms with van der Waals surface area (Å²) < 4.78 is 7.58. The SMILES string of the molecule is CNc1cn2ccnc2c(Oc2ccc(C#N)cc2)n1. The average Bonchev–Trinajstić information content (AvgIpc) is 2.96. The second kappa shape index (κ2) is 4.90. The van der Waals surface area contributed by atoms with Crippen molar-refractivity contribution in [3.8, 4) is 17.7 Å². The highest BCUT2D eigenvalue weighted by Gasteiger charge is 2.09. The number of hydrogen-bond donors (Lipinski definition) is 1. The summed E-state index contributed by atoms with van der Waals surface area (Å²) in [4.78, 5) is 8.57. The van der Waals surface area contributed by atoms with Crippen molar-refractivity contribution in [1.29, 1.82) is 5.26 Å². The van der Waals surface area contributed by atoms with E-state index in [0.29, 0.717) is 28.7 Å². The van der Waals surface area contributed by atoms with E-state index in [4.69, 9.17) is 10.00 Å². The van der Waals surface area contributed by atoms with Crippen LogP contribution in [0.1, 0.15) is 5.56 Å². The molecule has 6 heteroatoms. The standard InChI is InChI=1S/C14H11N5O/c1-16-12-9-19-7-6-17-13(19)14(18-12)20-11-4-2-10(8-15)3-5-11/h2-7,9,16H,1H3. The van der Waals surface area contributed by atoms with E-state index < -0.39 is 0 Å². The Labute approximate surface area is 115 Å². The molecule has 3 aromatic rings. The lowest BCUT2D eigenvalue weighted by Gasteiger charge is -2.08. The van der Waals surface area contributed by atoms with Crippen molar-refractivity contribution in [3.05, 3.63) is 48.4 Å². The molecule has 0 fully saturated rings. The number of hydrogen-bond acceptors (Lipinski definition) is 5. The van der Waals surface area contributed by atoms with Crippen molar-refractivity contribution in [2.24, 2.45) is 0 Å². The van der Waals surface area contributed by atoms with Gasteiger partial charge in [0.15, 0.2) is 0 Å². The number of nitrogens with zero attached hydrogens (tertiary/aromatic N) is 4. The van der Waals surface area contributed by atoms with Gasteiger partial charge in [-0.1, -0.05) is 0 Å². The van der Waals surface area contributed by atoms with E-state index in [1.54, 1.807) is 37.5 Å². The smallest absolute Gasteiger partial charge is 0.265 e. The topological polar surface area (TPSA) is 75.2 Å². The maximum atomic E-state index is 8.78. The van der Waals surface area contributed by atoms with Crippen LogP contribution < -0.4 is 10.1 Å². The summed E-state index contributed by atoms with van der Waals surface area (Å²) in [7, 11) is 1.79. The molecule has 0 saturated heterocycles. The second-order valence-corrected chi connectivity index (χ2v) is 4.08. The van der Waals surface area contributed by atoms with Crippen LogP contribution in [0.4, 0.5) is 5.82 Å². The molecule has 98 valence electrons. The Bertz CT molecular complexity index is 785. The minimum atomic E-state index is 0.409. The van der Waals surface area contributed by atoms with Gasteiger partial charge in [0, 0.05) is 19.4 Å². The Balaban J connectivity index is 2.00. The van der Waals surface area contributed by atoms with Crippen molar-refractivity contribution in [2.75, 3.05) is 12.4 Å². The van der Waals surface area contributed by atoms with Gasteiger partial charge in [-0.05, 0) is 24.3 Å². The van der Waals surface area contributed by atoms with Gasteiger partial charge in [-0.3, -0.25) is 4.40 Å². The van der Waals surface area contributed by atoms with Crippen LogP contribution in [0.2, 0.25) is 0 Å². The minimum absolute atomic E-state index is 0.409. The molecule has 0 amide bonds. The number of benzene rings is 1. The summed E-state index contributed by atoms with van der Waals surface area (Å²) in [6.07, 6.45) is 5.33. The molecule has 0 bridgehead atoms. The first kappa shape index (κ1) is 12.0. The maximum absolute atomic E-state index is 8.78. The monoisotopic (exact) mass is 265 g/mol. The van der Waals surface area contributed by atoms with E-state index in [2.05, 4.69) is 21.4 Å². The fourth-order valence-electron chi connectivity index (χ4n) is 1.80. The molecule has 2 heterocycles. The van der Waals surface area contributed by atoms with Crippen LogP contribution in [0.15, 0.2) is 42.9 Å². The van der Waals surface area contributed by atoms with Gasteiger partial charge in [-0.15, -0.1) is 0 Å². The Morgan fingerprint density at radius 1 is 1.30 bits per heavy atom. The molecular formula is C14H11N5O. The lowest BCUT2D eigenvalue weighted by molar-refractivity contribution is 0.465. The third-order valence-corrected chi connectivity index (χ3v) is 2.80. The molecule has 0 saturated carbocycles.